The third-order valence-corrected chi connectivity index (χ3v) is 1.17. The van der Waals surface area contributed by atoms with Gasteiger partial charge >= 0.3 is 5.97 Å². The van der Waals surface area contributed by atoms with Crippen molar-refractivity contribution in [2.24, 2.45) is 0 Å². The zero-order valence-electron chi connectivity index (χ0n) is 7.37. The van der Waals surface area contributed by atoms with Crippen LogP contribution in [0, 0.1) is 0 Å². The minimum atomic E-state index is -0.688. The SMILES string of the molecule is CCOC(=O)CC(=O)CC(C)O. The number of ether oxygens (including phenoxy) is 1. The largest absolute Gasteiger partial charge is 0.466 e. The Balaban J connectivity index is 3.62. The first-order chi connectivity index (χ1) is 5.56. The molecule has 12 heavy (non-hydrogen) atoms. The summed E-state index contributed by atoms with van der Waals surface area (Å²) in [5, 5.41) is 8.79. The molecule has 0 aromatic carbocycles. The van der Waals surface area contributed by atoms with Crippen LogP contribution in [-0.4, -0.2) is 29.6 Å². The molecule has 0 aromatic heterocycles. The van der Waals surface area contributed by atoms with Gasteiger partial charge in [-0.1, -0.05) is 0 Å². The lowest BCUT2D eigenvalue weighted by molar-refractivity contribution is -0.145. The third-order valence-electron chi connectivity index (χ3n) is 1.17. The summed E-state index contributed by atoms with van der Waals surface area (Å²) in [6.07, 6.45) is -0.913. The minimum Gasteiger partial charge on any atom is -0.466 e. The van der Waals surface area contributed by atoms with E-state index in [0.717, 1.165) is 0 Å². The zero-order chi connectivity index (χ0) is 9.56. The molecule has 0 fully saturated rings. The quantitative estimate of drug-likeness (QED) is 0.480. The van der Waals surface area contributed by atoms with Crippen molar-refractivity contribution in [3.8, 4) is 0 Å². The molecule has 4 nitrogen and oxygen atoms in total. The summed E-state index contributed by atoms with van der Waals surface area (Å²) in [5.74, 6) is -0.813. The molecule has 0 bridgehead atoms. The minimum absolute atomic E-state index is 0.0127. The lowest BCUT2D eigenvalue weighted by Gasteiger charge is -2.02. The van der Waals surface area contributed by atoms with Crippen LogP contribution in [0.5, 0.6) is 0 Å². The van der Waals surface area contributed by atoms with Crippen molar-refractivity contribution in [3.05, 3.63) is 0 Å². The average molecular weight is 174 g/mol. The Bertz CT molecular complexity index is 162. The first-order valence-corrected chi connectivity index (χ1v) is 3.91. The third kappa shape index (κ3) is 5.85. The van der Waals surface area contributed by atoms with E-state index >= 15 is 0 Å². The van der Waals surface area contributed by atoms with Crippen LogP contribution in [0.4, 0.5) is 0 Å². The Labute approximate surface area is 71.5 Å². The van der Waals surface area contributed by atoms with Crippen LogP contribution in [0.15, 0.2) is 0 Å². The van der Waals surface area contributed by atoms with E-state index in [0.29, 0.717) is 0 Å². The van der Waals surface area contributed by atoms with E-state index < -0.39 is 12.1 Å². The van der Waals surface area contributed by atoms with Crippen molar-refractivity contribution in [1.29, 1.82) is 0 Å². The molecular formula is C8H14O4. The lowest BCUT2D eigenvalue weighted by atomic mass is 10.1. The number of aliphatic hydroxyl groups is 1. The fourth-order valence-electron chi connectivity index (χ4n) is 0.775. The topological polar surface area (TPSA) is 63.6 Å². The number of hydrogen-bond donors (Lipinski definition) is 1. The van der Waals surface area contributed by atoms with E-state index in [2.05, 4.69) is 4.74 Å². The Morgan fingerprint density at radius 1 is 1.50 bits per heavy atom. The number of aliphatic hydroxyl groups excluding tert-OH is 1. The van der Waals surface area contributed by atoms with Gasteiger partial charge in [0.1, 0.15) is 12.2 Å². The molecule has 0 aromatic rings. The van der Waals surface area contributed by atoms with Gasteiger partial charge in [0.05, 0.1) is 12.7 Å². The van der Waals surface area contributed by atoms with Crippen molar-refractivity contribution in [2.45, 2.75) is 32.8 Å². The van der Waals surface area contributed by atoms with Crippen LogP contribution in [0.2, 0.25) is 0 Å². The van der Waals surface area contributed by atoms with Crippen molar-refractivity contribution in [1.82, 2.24) is 0 Å². The van der Waals surface area contributed by atoms with Gasteiger partial charge in [-0.15, -0.1) is 0 Å². The Kier molecular flexibility index (Phi) is 5.28. The van der Waals surface area contributed by atoms with Crippen LogP contribution < -0.4 is 0 Å². The summed E-state index contributed by atoms with van der Waals surface area (Å²) < 4.78 is 4.55. The fourth-order valence-corrected chi connectivity index (χ4v) is 0.775. The summed E-state index contributed by atoms with van der Waals surface area (Å²) in [6.45, 7) is 3.46. The molecule has 0 amide bonds. The second kappa shape index (κ2) is 5.71. The van der Waals surface area contributed by atoms with Crippen LogP contribution in [0.25, 0.3) is 0 Å². The zero-order valence-corrected chi connectivity index (χ0v) is 7.37. The highest BCUT2D eigenvalue weighted by Gasteiger charge is 2.11. The molecule has 0 aliphatic carbocycles. The van der Waals surface area contributed by atoms with E-state index in [1.165, 1.54) is 6.92 Å². The Morgan fingerprint density at radius 2 is 2.08 bits per heavy atom. The summed E-state index contributed by atoms with van der Waals surface area (Å²) in [4.78, 5) is 21.6. The number of carbonyl (C=O) groups is 2. The molecule has 0 saturated carbocycles. The van der Waals surface area contributed by atoms with Gasteiger partial charge in [0.25, 0.3) is 0 Å². The van der Waals surface area contributed by atoms with Crippen LogP contribution in [0.1, 0.15) is 26.7 Å². The Morgan fingerprint density at radius 3 is 2.50 bits per heavy atom. The van der Waals surface area contributed by atoms with E-state index in [1.54, 1.807) is 6.92 Å². The molecule has 0 rings (SSSR count). The van der Waals surface area contributed by atoms with Gasteiger partial charge in [0.15, 0.2) is 0 Å². The predicted molar refractivity (Wildman–Crippen MR) is 42.6 cm³/mol. The smallest absolute Gasteiger partial charge is 0.313 e. The van der Waals surface area contributed by atoms with Crippen molar-refractivity contribution in [3.63, 3.8) is 0 Å². The average Bonchev–Trinajstić information content (AvgIpc) is 1.84. The van der Waals surface area contributed by atoms with Gasteiger partial charge in [-0.25, -0.2) is 0 Å². The molecule has 0 aliphatic rings. The monoisotopic (exact) mass is 174 g/mol. The van der Waals surface area contributed by atoms with E-state index in [-0.39, 0.29) is 25.2 Å². The normalized spacial score (nSPS) is 12.2. The predicted octanol–water partition coefficient (Wildman–Crippen LogP) is 0.280. The maximum Gasteiger partial charge on any atom is 0.313 e. The summed E-state index contributed by atoms with van der Waals surface area (Å²) >= 11 is 0. The number of Topliss-reactive ketones (excluding diaryl/α,β-unsaturated/α-hetero) is 1. The molecule has 1 unspecified atom stereocenters. The van der Waals surface area contributed by atoms with Gasteiger partial charge in [0, 0.05) is 6.42 Å². The maximum absolute atomic E-state index is 10.9. The van der Waals surface area contributed by atoms with Crippen molar-refractivity contribution < 1.29 is 19.4 Å². The fraction of sp³-hybridized carbons (Fsp3) is 0.750. The Hall–Kier alpha value is -0.900. The van der Waals surface area contributed by atoms with Crippen LogP contribution in [-0.2, 0) is 14.3 Å². The molecular weight excluding hydrogens is 160 g/mol. The summed E-state index contributed by atoms with van der Waals surface area (Å²) in [5.41, 5.74) is 0. The molecule has 1 atom stereocenters. The van der Waals surface area contributed by atoms with Gasteiger partial charge < -0.3 is 9.84 Å². The molecule has 0 aliphatic heterocycles. The highest BCUT2D eigenvalue weighted by Crippen LogP contribution is 1.97. The van der Waals surface area contributed by atoms with Crippen molar-refractivity contribution in [2.75, 3.05) is 6.61 Å². The number of ketones is 1. The second-order valence-electron chi connectivity index (χ2n) is 2.57. The molecule has 0 spiro atoms. The van der Waals surface area contributed by atoms with Gasteiger partial charge in [-0.05, 0) is 13.8 Å². The number of esters is 1. The van der Waals surface area contributed by atoms with E-state index in [4.69, 9.17) is 5.11 Å². The first kappa shape index (κ1) is 11.1. The second-order valence-corrected chi connectivity index (χ2v) is 2.57. The first-order valence-electron chi connectivity index (χ1n) is 3.91. The molecule has 70 valence electrons. The standard InChI is InChI=1S/C8H14O4/c1-3-12-8(11)5-7(10)4-6(2)9/h6,9H,3-5H2,1-2H3. The number of rotatable bonds is 5. The lowest BCUT2D eigenvalue weighted by Crippen LogP contribution is -2.15. The molecule has 1 N–H and O–H groups in total. The molecule has 4 heteroatoms. The van der Waals surface area contributed by atoms with Gasteiger partial charge in [0.2, 0.25) is 0 Å². The summed E-state index contributed by atoms with van der Waals surface area (Å²) in [7, 11) is 0. The van der Waals surface area contributed by atoms with Crippen LogP contribution >= 0.6 is 0 Å². The molecule has 0 radical (unpaired) electrons. The maximum atomic E-state index is 10.9. The number of carbonyl (C=O) groups excluding carboxylic acids is 2. The highest BCUT2D eigenvalue weighted by molar-refractivity contribution is 5.95. The van der Waals surface area contributed by atoms with Gasteiger partial charge in [-0.2, -0.15) is 0 Å². The molecule has 0 saturated heterocycles. The van der Waals surface area contributed by atoms with Crippen molar-refractivity contribution >= 4 is 11.8 Å². The van der Waals surface area contributed by atoms with Gasteiger partial charge in [-0.3, -0.25) is 9.59 Å². The van der Waals surface area contributed by atoms with Crippen LogP contribution in [0.3, 0.4) is 0 Å². The number of hydrogen-bond acceptors (Lipinski definition) is 4. The highest BCUT2D eigenvalue weighted by atomic mass is 16.5. The van der Waals surface area contributed by atoms with E-state index in [9.17, 15) is 9.59 Å². The molecule has 0 heterocycles. The van der Waals surface area contributed by atoms with E-state index in [1.807, 2.05) is 0 Å². The summed E-state index contributed by atoms with van der Waals surface area (Å²) in [6, 6.07) is 0.